The lowest BCUT2D eigenvalue weighted by Crippen LogP contribution is -2.49. The Morgan fingerprint density at radius 1 is 0.970 bits per heavy atom. The molecule has 7 rings (SSSR count). The second-order valence-corrected chi connectivity index (χ2v) is 9.60. The molecule has 33 heavy (non-hydrogen) atoms. The number of methoxy groups -OCH3 is 1. The maximum absolute atomic E-state index is 13.7. The lowest BCUT2D eigenvalue weighted by molar-refractivity contribution is -0.146. The van der Waals surface area contributed by atoms with Crippen LogP contribution in [0, 0.1) is 35.5 Å². The summed E-state index contributed by atoms with van der Waals surface area (Å²) in [6.45, 7) is 0. The molecule has 3 amide bonds. The highest BCUT2D eigenvalue weighted by molar-refractivity contribution is 6.11. The van der Waals surface area contributed by atoms with E-state index in [4.69, 9.17) is 4.74 Å². The smallest absolute Gasteiger partial charge is 0.248 e. The van der Waals surface area contributed by atoms with Crippen molar-refractivity contribution in [2.24, 2.45) is 35.5 Å². The first-order valence-corrected chi connectivity index (χ1v) is 11.6. The molecule has 0 unspecified atom stereocenters. The molecule has 7 atom stereocenters. The first-order valence-electron chi connectivity index (χ1n) is 11.6. The quantitative estimate of drug-likeness (QED) is 0.550. The van der Waals surface area contributed by atoms with Gasteiger partial charge in [0.05, 0.1) is 24.6 Å². The molecular weight excluding hydrogens is 416 g/mol. The Bertz CT molecular complexity index is 1120. The van der Waals surface area contributed by atoms with Crippen LogP contribution in [0.15, 0.2) is 66.7 Å². The van der Waals surface area contributed by atoms with E-state index in [9.17, 15) is 14.4 Å². The number of rotatable bonds is 6. The summed E-state index contributed by atoms with van der Waals surface area (Å²) in [5, 5.41) is 2.91. The number of likely N-dealkylation sites (tertiary alicyclic amines) is 1. The van der Waals surface area contributed by atoms with E-state index in [1.165, 1.54) is 4.90 Å². The molecule has 1 saturated heterocycles. The third kappa shape index (κ3) is 3.11. The summed E-state index contributed by atoms with van der Waals surface area (Å²) in [6, 6.07) is 15.8. The van der Waals surface area contributed by atoms with Crippen molar-refractivity contribution in [3.8, 4) is 5.75 Å². The van der Waals surface area contributed by atoms with Gasteiger partial charge in [-0.1, -0.05) is 54.6 Å². The Kier molecular flexibility index (Phi) is 4.64. The average molecular weight is 443 g/mol. The van der Waals surface area contributed by atoms with Crippen LogP contribution in [0.4, 0.5) is 5.69 Å². The Morgan fingerprint density at radius 3 is 2.21 bits per heavy atom. The number of hydrogen-bond donors (Lipinski definition) is 1. The summed E-state index contributed by atoms with van der Waals surface area (Å²) in [4.78, 5) is 42.2. The fourth-order valence-electron chi connectivity index (χ4n) is 6.39. The second kappa shape index (κ2) is 7.58. The van der Waals surface area contributed by atoms with Gasteiger partial charge in [-0.25, -0.2) is 0 Å². The van der Waals surface area contributed by atoms with Crippen LogP contribution < -0.4 is 10.1 Å². The first-order chi connectivity index (χ1) is 16.1. The van der Waals surface area contributed by atoms with Crippen LogP contribution in [0.3, 0.4) is 0 Å². The van der Waals surface area contributed by atoms with Crippen molar-refractivity contribution in [2.75, 3.05) is 12.4 Å². The van der Waals surface area contributed by atoms with Crippen LogP contribution in [0.2, 0.25) is 0 Å². The number of carbonyl (C=O) groups is 3. The SMILES string of the molecule is COc1ccccc1NC(=O)[C@H](Cc1ccccc1)N1C(=O)[C@H]2[C@@H]3C=C[C@H]([C@H]4C[C@H]34)[C@@H]2C1=O. The number of carbonyl (C=O) groups excluding carboxylic acids is 3. The molecular formula is C27H26N2O4. The summed E-state index contributed by atoms with van der Waals surface area (Å²) in [5.41, 5.74) is 1.42. The number of para-hydroxylation sites is 2. The molecule has 6 heteroatoms. The summed E-state index contributed by atoms with van der Waals surface area (Å²) in [7, 11) is 1.54. The Balaban J connectivity index is 1.34. The number of imide groups is 1. The van der Waals surface area contributed by atoms with Crippen LogP contribution in [-0.2, 0) is 20.8 Å². The highest BCUT2D eigenvalue weighted by Gasteiger charge is 2.67. The number of allylic oxidation sites excluding steroid dienone is 2. The number of nitrogens with zero attached hydrogens (tertiary/aromatic N) is 1. The van der Waals surface area contributed by atoms with Gasteiger partial charge in [0, 0.05) is 6.42 Å². The average Bonchev–Trinajstić information content (AvgIpc) is 3.62. The monoisotopic (exact) mass is 442 g/mol. The zero-order chi connectivity index (χ0) is 22.7. The molecule has 0 aromatic heterocycles. The normalized spacial score (nSPS) is 31.7. The van der Waals surface area contributed by atoms with Gasteiger partial charge < -0.3 is 10.1 Å². The van der Waals surface area contributed by atoms with E-state index >= 15 is 0 Å². The summed E-state index contributed by atoms with van der Waals surface area (Å²) >= 11 is 0. The highest BCUT2D eigenvalue weighted by atomic mass is 16.5. The molecule has 2 aromatic carbocycles. The molecule has 5 aliphatic rings. The Hall–Kier alpha value is -3.41. The molecule has 6 nitrogen and oxygen atoms in total. The van der Waals surface area contributed by atoms with Crippen molar-refractivity contribution < 1.29 is 19.1 Å². The van der Waals surface area contributed by atoms with Gasteiger partial charge >= 0.3 is 0 Å². The molecule has 2 aromatic rings. The van der Waals surface area contributed by atoms with E-state index in [0.717, 1.165) is 12.0 Å². The minimum atomic E-state index is -0.918. The molecule has 1 N–H and O–H groups in total. The summed E-state index contributed by atoms with van der Waals surface area (Å²) in [6.07, 6.45) is 5.68. The van der Waals surface area contributed by atoms with Crippen molar-refractivity contribution in [2.45, 2.75) is 18.9 Å². The molecule has 3 fully saturated rings. The van der Waals surface area contributed by atoms with Gasteiger partial charge in [0.15, 0.2) is 0 Å². The predicted octanol–water partition coefficient (Wildman–Crippen LogP) is 3.30. The van der Waals surface area contributed by atoms with Crippen LogP contribution in [0.5, 0.6) is 5.75 Å². The zero-order valence-corrected chi connectivity index (χ0v) is 18.4. The maximum atomic E-state index is 13.7. The molecule has 1 aliphatic heterocycles. The molecule has 168 valence electrons. The fourth-order valence-corrected chi connectivity index (χ4v) is 6.39. The van der Waals surface area contributed by atoms with E-state index < -0.39 is 6.04 Å². The molecule has 2 bridgehead atoms. The Morgan fingerprint density at radius 2 is 1.58 bits per heavy atom. The van der Waals surface area contributed by atoms with Gasteiger partial charge in [0.1, 0.15) is 11.8 Å². The molecule has 0 spiro atoms. The van der Waals surface area contributed by atoms with E-state index in [0.29, 0.717) is 23.3 Å². The molecule has 4 aliphatic carbocycles. The van der Waals surface area contributed by atoms with Gasteiger partial charge in [-0.15, -0.1) is 0 Å². The maximum Gasteiger partial charge on any atom is 0.248 e. The number of anilines is 1. The van der Waals surface area contributed by atoms with E-state index in [1.807, 2.05) is 36.4 Å². The van der Waals surface area contributed by atoms with E-state index in [2.05, 4.69) is 17.5 Å². The minimum Gasteiger partial charge on any atom is -0.495 e. The zero-order valence-electron chi connectivity index (χ0n) is 18.4. The summed E-state index contributed by atoms with van der Waals surface area (Å²) < 4.78 is 5.37. The largest absolute Gasteiger partial charge is 0.495 e. The third-order valence-electron chi connectivity index (χ3n) is 7.95. The predicted molar refractivity (Wildman–Crippen MR) is 122 cm³/mol. The highest BCUT2D eigenvalue weighted by Crippen LogP contribution is 2.65. The number of ether oxygens (including phenoxy) is 1. The van der Waals surface area contributed by atoms with Crippen molar-refractivity contribution in [3.63, 3.8) is 0 Å². The Labute approximate surface area is 192 Å². The third-order valence-corrected chi connectivity index (χ3v) is 7.95. The van der Waals surface area contributed by atoms with Crippen molar-refractivity contribution in [3.05, 3.63) is 72.3 Å². The number of nitrogens with one attached hydrogen (secondary N) is 1. The van der Waals surface area contributed by atoms with Gasteiger partial charge in [-0.05, 0) is 47.8 Å². The van der Waals surface area contributed by atoms with Gasteiger partial charge in [-0.3, -0.25) is 19.3 Å². The van der Waals surface area contributed by atoms with E-state index in [1.54, 1.807) is 25.3 Å². The van der Waals surface area contributed by atoms with Crippen molar-refractivity contribution in [1.29, 1.82) is 0 Å². The van der Waals surface area contributed by atoms with Gasteiger partial charge in [-0.2, -0.15) is 0 Å². The molecule has 2 saturated carbocycles. The van der Waals surface area contributed by atoms with Crippen molar-refractivity contribution in [1.82, 2.24) is 4.90 Å². The lowest BCUT2D eigenvalue weighted by atomic mass is 9.63. The van der Waals surface area contributed by atoms with Crippen LogP contribution in [0.1, 0.15) is 12.0 Å². The van der Waals surface area contributed by atoms with Gasteiger partial charge in [0.25, 0.3) is 0 Å². The molecule has 1 heterocycles. The first kappa shape index (κ1) is 20.2. The second-order valence-electron chi connectivity index (χ2n) is 9.60. The topological polar surface area (TPSA) is 75.7 Å². The van der Waals surface area contributed by atoms with Crippen LogP contribution in [-0.4, -0.2) is 35.8 Å². The van der Waals surface area contributed by atoms with Crippen LogP contribution in [0.25, 0.3) is 0 Å². The summed E-state index contributed by atoms with van der Waals surface area (Å²) in [5.74, 6) is 0.412. The number of hydrogen-bond acceptors (Lipinski definition) is 4. The molecule has 0 radical (unpaired) electrons. The standard InChI is InChI=1S/C27H26N2O4/c1-33-22-10-6-5-9-20(22)28-25(30)21(13-15-7-3-2-4-8-15)29-26(31)23-16-11-12-17(19-14-18(16)19)24(23)27(29)32/h2-12,16-19,21,23-24H,13-14H2,1H3,(H,28,30)/t16-,17-,18-,19-,21+,23+,24+/m1/s1. The van der Waals surface area contributed by atoms with Gasteiger partial charge in [0.2, 0.25) is 17.7 Å². The minimum absolute atomic E-state index is 0.126. The number of amides is 3. The fraction of sp³-hybridized carbons (Fsp3) is 0.370. The lowest BCUT2D eigenvalue weighted by Gasteiger charge is -2.37. The van der Waals surface area contributed by atoms with E-state index in [-0.39, 0.29) is 47.8 Å². The number of benzene rings is 2. The van der Waals surface area contributed by atoms with Crippen LogP contribution >= 0.6 is 0 Å². The van der Waals surface area contributed by atoms with Crippen molar-refractivity contribution >= 4 is 23.4 Å².